The molecule has 95 heavy (non-hydrogen) atoms. The monoisotopic (exact) mass is 1370 g/mol. The van der Waals surface area contributed by atoms with Gasteiger partial charge in [0, 0.05) is 91.9 Å². The molecule has 556 valence electrons. The van der Waals surface area contributed by atoms with Crippen LogP contribution in [0.15, 0.2) is 0 Å². The van der Waals surface area contributed by atoms with E-state index < -0.39 is 58.4 Å². The van der Waals surface area contributed by atoms with E-state index in [0.29, 0.717) is 171 Å². The molecule has 30 heteroatoms. The van der Waals surface area contributed by atoms with Gasteiger partial charge in [-0.1, -0.05) is 0 Å². The van der Waals surface area contributed by atoms with Crippen LogP contribution in [0, 0.1) is 0 Å². The first kappa shape index (κ1) is 88.7. The molecule has 0 aliphatic carbocycles. The van der Waals surface area contributed by atoms with E-state index in [1.807, 2.05) is 19.6 Å². The Hall–Kier alpha value is -4.35. The summed E-state index contributed by atoms with van der Waals surface area (Å²) in [7, 11) is 1.63. The van der Waals surface area contributed by atoms with Crippen molar-refractivity contribution in [3.05, 3.63) is 0 Å². The summed E-state index contributed by atoms with van der Waals surface area (Å²) in [5, 5.41) is 8.34. The number of methoxy groups -OCH3 is 1. The molecule has 0 spiro atoms. The Balaban J connectivity index is 2.42. The molecule has 0 aromatic rings. The van der Waals surface area contributed by atoms with Crippen molar-refractivity contribution in [2.75, 3.05) is 237 Å². The molecular weight excluding hydrogens is 1240 g/mol. The fraction of sp³-hybridized carbons (Fsp3) is 0.892. The topological polar surface area (TPSA) is 333 Å². The van der Waals surface area contributed by atoms with Gasteiger partial charge < -0.3 is 92.7 Å². The zero-order valence-corrected chi connectivity index (χ0v) is 60.1. The minimum Gasteiger partial charge on any atom is -0.459 e. The fourth-order valence-electron chi connectivity index (χ4n) is 8.70. The lowest BCUT2D eigenvalue weighted by molar-refractivity contribution is -0.163. The molecule has 1 saturated heterocycles. The maximum atomic E-state index is 14.2. The Morgan fingerprint density at radius 1 is 0.358 bits per heavy atom. The Labute approximate surface area is 566 Å². The lowest BCUT2D eigenvalue weighted by Gasteiger charge is -2.37. The van der Waals surface area contributed by atoms with Gasteiger partial charge in [-0.15, -0.1) is 0 Å². The maximum Gasteiger partial charge on any atom is 0.323 e. The van der Waals surface area contributed by atoms with Crippen molar-refractivity contribution in [1.29, 1.82) is 0 Å². The van der Waals surface area contributed by atoms with E-state index in [1.165, 1.54) is 0 Å². The van der Waals surface area contributed by atoms with E-state index in [2.05, 4.69) is 16.0 Å². The number of rotatable bonds is 51. The normalized spacial score (nSPS) is 15.3. The van der Waals surface area contributed by atoms with Crippen LogP contribution in [-0.4, -0.2) is 333 Å². The van der Waals surface area contributed by atoms with Crippen LogP contribution in [0.4, 0.5) is 0 Å². The molecular formula is C65H124N8O22. The van der Waals surface area contributed by atoms with Gasteiger partial charge in [-0.2, -0.15) is 0 Å². The molecule has 1 aliphatic heterocycles. The van der Waals surface area contributed by atoms with Crippen molar-refractivity contribution in [2.45, 2.75) is 143 Å². The molecule has 1 aliphatic rings. The maximum absolute atomic E-state index is 14.2. The van der Waals surface area contributed by atoms with E-state index in [9.17, 15) is 33.6 Å². The van der Waals surface area contributed by atoms with Gasteiger partial charge in [0.05, 0.1) is 164 Å². The highest BCUT2D eigenvalue weighted by Crippen LogP contribution is 2.18. The van der Waals surface area contributed by atoms with Gasteiger partial charge >= 0.3 is 23.9 Å². The number of hydrogen-bond acceptors (Lipinski definition) is 27. The molecule has 0 aromatic carbocycles. The van der Waals surface area contributed by atoms with Crippen molar-refractivity contribution in [1.82, 2.24) is 35.6 Å². The van der Waals surface area contributed by atoms with Gasteiger partial charge in [-0.25, -0.2) is 0 Å². The number of nitrogens with one attached hydrogen (secondary N) is 3. The Morgan fingerprint density at radius 3 is 0.916 bits per heavy atom. The highest BCUT2D eigenvalue weighted by atomic mass is 16.6. The second-order valence-electron chi connectivity index (χ2n) is 26.5. The van der Waals surface area contributed by atoms with Gasteiger partial charge in [-0.05, 0) is 95.9 Å². The summed E-state index contributed by atoms with van der Waals surface area (Å²) in [6.45, 7) is 33.2. The number of carbonyl (C=O) groups excluding carboxylic acids is 7. The molecule has 1 heterocycles. The molecule has 0 bridgehead atoms. The van der Waals surface area contributed by atoms with Gasteiger partial charge in [0.1, 0.15) is 28.4 Å². The van der Waals surface area contributed by atoms with Crippen molar-refractivity contribution in [3.63, 3.8) is 0 Å². The Morgan fingerprint density at radius 2 is 0.621 bits per heavy atom. The molecule has 30 nitrogen and oxygen atoms in total. The zero-order valence-electron chi connectivity index (χ0n) is 60.1. The molecule has 1 fully saturated rings. The van der Waals surface area contributed by atoms with Crippen LogP contribution >= 0.6 is 0 Å². The van der Waals surface area contributed by atoms with E-state index in [4.69, 9.17) is 76.8 Å². The van der Waals surface area contributed by atoms with Crippen molar-refractivity contribution < 1.29 is 105 Å². The van der Waals surface area contributed by atoms with Crippen molar-refractivity contribution >= 4 is 41.6 Å². The number of nitrogens with zero attached hydrogens (tertiary/aromatic N) is 4. The molecule has 0 aromatic heterocycles. The molecule has 2 atom stereocenters. The van der Waals surface area contributed by atoms with Crippen molar-refractivity contribution in [3.8, 4) is 0 Å². The smallest absolute Gasteiger partial charge is 0.323 e. The number of amides is 3. The molecule has 0 saturated carbocycles. The lowest BCUT2D eigenvalue weighted by Crippen LogP contribution is -2.53. The van der Waals surface area contributed by atoms with Crippen LogP contribution in [-0.2, 0) is 105 Å². The van der Waals surface area contributed by atoms with Crippen LogP contribution in [0.25, 0.3) is 0 Å². The highest BCUT2D eigenvalue weighted by Gasteiger charge is 2.33. The lowest BCUT2D eigenvalue weighted by atomic mass is 10.1. The minimum absolute atomic E-state index is 0.00253. The van der Waals surface area contributed by atoms with Crippen LogP contribution in [0.3, 0.4) is 0 Å². The van der Waals surface area contributed by atoms with E-state index in [-0.39, 0.29) is 102 Å². The van der Waals surface area contributed by atoms with Gasteiger partial charge in [-0.3, -0.25) is 53.2 Å². The number of carbonyl (C=O) groups is 7. The van der Waals surface area contributed by atoms with Crippen molar-refractivity contribution in [2.24, 2.45) is 5.73 Å². The van der Waals surface area contributed by atoms with Crippen LogP contribution in [0.2, 0.25) is 0 Å². The second kappa shape index (κ2) is 52.7. The second-order valence-corrected chi connectivity index (χ2v) is 26.5. The number of esters is 4. The largest absolute Gasteiger partial charge is 0.459 e. The van der Waals surface area contributed by atoms with Gasteiger partial charge in [0.25, 0.3) is 0 Å². The molecule has 1 rings (SSSR count). The predicted octanol–water partition coefficient (Wildman–Crippen LogP) is 0.992. The van der Waals surface area contributed by atoms with Gasteiger partial charge in [0.2, 0.25) is 17.7 Å². The fourth-order valence-corrected chi connectivity index (χ4v) is 8.70. The molecule has 3 amide bonds. The summed E-state index contributed by atoms with van der Waals surface area (Å²) in [5.41, 5.74) is 3.00. The molecule has 0 radical (unpaired) electrons. The van der Waals surface area contributed by atoms with E-state index >= 15 is 0 Å². The quantitative estimate of drug-likeness (QED) is 0.0375. The Kier molecular flexibility index (Phi) is 49.2. The molecule has 1 unspecified atom stereocenters. The Bertz CT molecular complexity index is 2010. The predicted molar refractivity (Wildman–Crippen MR) is 354 cm³/mol. The third-order valence-electron chi connectivity index (χ3n) is 13.1. The minimum atomic E-state index is -0.869. The third-order valence-corrected chi connectivity index (χ3v) is 13.1. The standard InChI is InChI=1S/C65H124N8O22/c1-62(2,3)92-57(76)50-70-21-23-71(51-58(77)93-63(4,5)6)25-27-73(28-26-72(24-22-70)52-59(78)94-64(7,8)9)54(61(80)95-65(10,11)12)15-17-56(75)68-19-30-83-35-38-87-42-45-90-47-44-88-39-36-84-31-20-69-60(79)53(66)14-16-55(74)67-18-29-82-34-37-86-43-46-91-49-48-89-41-40-85-33-32-81-13/h53-54H,14-52,66H2,1-13H3,(H,67,74)(H,68,75)(H,69,79)/t53-,54?/m0/s1. The zero-order chi connectivity index (χ0) is 70.8. The first-order chi connectivity index (χ1) is 44.9. The van der Waals surface area contributed by atoms with Gasteiger partial charge in [0.15, 0.2) is 0 Å². The van der Waals surface area contributed by atoms with Crippen LogP contribution < -0.4 is 21.7 Å². The van der Waals surface area contributed by atoms with E-state index in [0.717, 1.165) is 0 Å². The van der Waals surface area contributed by atoms with Crippen LogP contribution in [0.5, 0.6) is 0 Å². The van der Waals surface area contributed by atoms with Crippen LogP contribution in [0.1, 0.15) is 109 Å². The number of nitrogens with two attached hydrogens (primary N) is 1. The molecule has 5 N–H and O–H groups in total. The summed E-state index contributed by atoms with van der Waals surface area (Å²) in [6, 6.07) is -1.71. The summed E-state index contributed by atoms with van der Waals surface area (Å²) in [6.07, 6.45) is 0.405. The number of hydrogen-bond donors (Lipinski definition) is 4. The summed E-state index contributed by atoms with van der Waals surface area (Å²) in [5.74, 6) is -2.63. The summed E-state index contributed by atoms with van der Waals surface area (Å²) < 4.78 is 83.0. The summed E-state index contributed by atoms with van der Waals surface area (Å²) in [4.78, 5) is 99.6. The average molecular weight is 1370 g/mol. The SMILES string of the molecule is COCCOCCOCCOCCOCCOCCNC(=O)CC[C@H](N)C(=O)NCCOCCOCCOCCOCCOCCNC(=O)CCC(C(=O)OC(C)(C)C)N1CCN(CC(=O)OC(C)(C)C)CCN(CC(=O)OC(C)(C)C)CCN(CC(=O)OC(C)(C)C)CC1. The summed E-state index contributed by atoms with van der Waals surface area (Å²) >= 11 is 0. The van der Waals surface area contributed by atoms with E-state index in [1.54, 1.807) is 90.2 Å². The average Bonchev–Trinajstić information content (AvgIpc) is 0.907. The first-order valence-electron chi connectivity index (χ1n) is 33.6. The highest BCUT2D eigenvalue weighted by molar-refractivity contribution is 5.83. The number of ether oxygens (including phenoxy) is 15. The third kappa shape index (κ3) is 55.3. The first-order valence-corrected chi connectivity index (χ1v) is 33.6.